The van der Waals surface area contributed by atoms with E-state index in [1.54, 1.807) is 4.90 Å². The number of benzene rings is 1. The number of anilines is 2. The van der Waals surface area contributed by atoms with E-state index in [1.165, 1.54) is 0 Å². The van der Waals surface area contributed by atoms with Gasteiger partial charge in [-0.05, 0) is 24.6 Å². The van der Waals surface area contributed by atoms with Gasteiger partial charge in [0, 0.05) is 14.1 Å². The van der Waals surface area contributed by atoms with Crippen molar-refractivity contribution in [3.05, 3.63) is 29.8 Å². The smallest absolute Gasteiger partial charge is 0.328 e. The number of nitrogens with zero attached hydrogens (tertiary/aromatic N) is 4. The van der Waals surface area contributed by atoms with Gasteiger partial charge in [-0.25, -0.2) is 5.84 Å². The molecule has 0 amide bonds. The third kappa shape index (κ3) is 3.29. The Morgan fingerprint density at radius 2 is 2.00 bits per heavy atom. The molecule has 0 bridgehead atoms. The fourth-order valence-corrected chi connectivity index (χ4v) is 1.44. The van der Waals surface area contributed by atoms with Gasteiger partial charge in [0.25, 0.3) is 0 Å². The topological polar surface area (TPSA) is 89.2 Å². The molecular weight excluding hydrogens is 244 g/mol. The van der Waals surface area contributed by atoms with Crippen LogP contribution in [-0.2, 0) is 0 Å². The lowest BCUT2D eigenvalue weighted by Gasteiger charge is -2.12. The maximum absolute atomic E-state index is 5.61. The van der Waals surface area contributed by atoms with Crippen molar-refractivity contribution in [2.75, 3.05) is 24.4 Å². The maximum atomic E-state index is 5.61. The second-order valence-corrected chi connectivity index (χ2v) is 4.20. The minimum absolute atomic E-state index is 0.192. The van der Waals surface area contributed by atoms with E-state index in [0.717, 1.165) is 5.56 Å². The van der Waals surface area contributed by atoms with Crippen LogP contribution in [0.5, 0.6) is 11.8 Å². The fourth-order valence-electron chi connectivity index (χ4n) is 1.44. The highest BCUT2D eigenvalue weighted by Gasteiger charge is 2.09. The van der Waals surface area contributed by atoms with Crippen LogP contribution < -0.4 is 20.9 Å². The predicted octanol–water partition coefficient (Wildman–Crippen LogP) is 1.32. The van der Waals surface area contributed by atoms with Crippen LogP contribution in [0.1, 0.15) is 5.56 Å². The molecule has 7 heteroatoms. The molecule has 1 aromatic heterocycles. The summed E-state index contributed by atoms with van der Waals surface area (Å²) in [7, 11) is 3.65. The van der Waals surface area contributed by atoms with Gasteiger partial charge in [0.2, 0.25) is 11.9 Å². The Morgan fingerprint density at radius 1 is 1.21 bits per heavy atom. The van der Waals surface area contributed by atoms with Crippen LogP contribution >= 0.6 is 0 Å². The number of hydrogen-bond acceptors (Lipinski definition) is 7. The van der Waals surface area contributed by atoms with E-state index >= 15 is 0 Å². The van der Waals surface area contributed by atoms with Crippen molar-refractivity contribution in [2.24, 2.45) is 5.84 Å². The van der Waals surface area contributed by atoms with Crippen molar-refractivity contribution < 1.29 is 4.74 Å². The molecule has 0 aliphatic rings. The second-order valence-electron chi connectivity index (χ2n) is 4.20. The molecule has 0 aliphatic heterocycles. The third-order valence-electron chi connectivity index (χ3n) is 2.33. The summed E-state index contributed by atoms with van der Waals surface area (Å²) < 4.78 is 5.61. The van der Waals surface area contributed by atoms with E-state index in [-0.39, 0.29) is 12.0 Å². The first-order chi connectivity index (χ1) is 9.08. The molecule has 0 unspecified atom stereocenters. The predicted molar refractivity (Wildman–Crippen MR) is 73.2 cm³/mol. The van der Waals surface area contributed by atoms with Crippen LogP contribution in [0.2, 0.25) is 0 Å². The minimum Gasteiger partial charge on any atom is -0.424 e. The highest BCUT2D eigenvalue weighted by molar-refractivity contribution is 5.37. The first kappa shape index (κ1) is 13.0. The molecule has 19 heavy (non-hydrogen) atoms. The number of nitrogen functional groups attached to an aromatic ring is 1. The molecule has 0 fully saturated rings. The van der Waals surface area contributed by atoms with E-state index in [4.69, 9.17) is 10.6 Å². The summed E-state index contributed by atoms with van der Waals surface area (Å²) in [4.78, 5) is 14.1. The third-order valence-corrected chi connectivity index (χ3v) is 2.33. The Labute approximate surface area is 111 Å². The van der Waals surface area contributed by atoms with Gasteiger partial charge in [0.1, 0.15) is 5.75 Å². The minimum atomic E-state index is 0.192. The number of hydrazine groups is 1. The van der Waals surface area contributed by atoms with Crippen LogP contribution in [0.15, 0.2) is 24.3 Å². The van der Waals surface area contributed by atoms with E-state index < -0.39 is 0 Å². The normalized spacial score (nSPS) is 10.1. The Kier molecular flexibility index (Phi) is 3.76. The molecule has 0 atom stereocenters. The zero-order chi connectivity index (χ0) is 13.8. The number of nitrogens with two attached hydrogens (primary N) is 1. The summed E-state index contributed by atoms with van der Waals surface area (Å²) in [5.74, 6) is 6.71. The Bertz CT molecular complexity index is 572. The summed E-state index contributed by atoms with van der Waals surface area (Å²) in [5, 5.41) is 0. The van der Waals surface area contributed by atoms with Gasteiger partial charge in [-0.15, -0.1) is 0 Å². The van der Waals surface area contributed by atoms with Crippen molar-refractivity contribution in [1.82, 2.24) is 15.0 Å². The Balaban J connectivity index is 2.31. The van der Waals surface area contributed by atoms with Gasteiger partial charge in [-0.1, -0.05) is 12.1 Å². The number of rotatable bonds is 4. The fraction of sp³-hybridized carbons (Fsp3) is 0.250. The second kappa shape index (κ2) is 5.49. The van der Waals surface area contributed by atoms with Gasteiger partial charge in [-0.3, -0.25) is 5.43 Å². The monoisotopic (exact) mass is 260 g/mol. The summed E-state index contributed by atoms with van der Waals surface area (Å²) in [6.07, 6.45) is 0. The van der Waals surface area contributed by atoms with Crippen molar-refractivity contribution in [3.63, 3.8) is 0 Å². The molecule has 2 rings (SSSR count). The Morgan fingerprint density at radius 3 is 2.63 bits per heavy atom. The van der Waals surface area contributed by atoms with Gasteiger partial charge >= 0.3 is 6.01 Å². The van der Waals surface area contributed by atoms with Crippen LogP contribution in [0.3, 0.4) is 0 Å². The number of ether oxygens (including phenoxy) is 1. The van der Waals surface area contributed by atoms with Gasteiger partial charge in [0.15, 0.2) is 0 Å². The maximum Gasteiger partial charge on any atom is 0.328 e. The molecule has 3 N–H and O–H groups in total. The zero-order valence-electron chi connectivity index (χ0n) is 11.1. The number of aromatic nitrogens is 3. The van der Waals surface area contributed by atoms with E-state index in [9.17, 15) is 0 Å². The molecule has 1 heterocycles. The number of nitrogens with one attached hydrogen (secondary N) is 1. The number of aryl methyl sites for hydroxylation is 1. The summed E-state index contributed by atoms with van der Waals surface area (Å²) in [5.41, 5.74) is 3.48. The van der Waals surface area contributed by atoms with E-state index in [0.29, 0.717) is 11.7 Å². The van der Waals surface area contributed by atoms with Gasteiger partial charge in [-0.2, -0.15) is 15.0 Å². The molecule has 0 aliphatic carbocycles. The van der Waals surface area contributed by atoms with E-state index in [2.05, 4.69) is 20.4 Å². The molecule has 0 saturated carbocycles. The highest BCUT2D eigenvalue weighted by atomic mass is 16.5. The zero-order valence-corrected chi connectivity index (χ0v) is 11.1. The molecule has 0 radical (unpaired) electrons. The Hall–Kier alpha value is -2.41. The van der Waals surface area contributed by atoms with Gasteiger partial charge < -0.3 is 9.64 Å². The highest BCUT2D eigenvalue weighted by Crippen LogP contribution is 2.21. The van der Waals surface area contributed by atoms with E-state index in [1.807, 2.05) is 45.3 Å². The molecule has 0 saturated heterocycles. The molecule has 7 nitrogen and oxygen atoms in total. The van der Waals surface area contributed by atoms with Crippen molar-refractivity contribution >= 4 is 11.9 Å². The molecule has 0 spiro atoms. The lowest BCUT2D eigenvalue weighted by Crippen LogP contribution is -2.17. The van der Waals surface area contributed by atoms with Crippen LogP contribution in [-0.4, -0.2) is 29.0 Å². The first-order valence-corrected chi connectivity index (χ1v) is 5.73. The summed E-state index contributed by atoms with van der Waals surface area (Å²) in [6.45, 7) is 1.98. The SMILES string of the molecule is Cc1cccc(Oc2nc(NN)nc(N(C)C)n2)c1. The summed E-state index contributed by atoms with van der Waals surface area (Å²) in [6, 6.07) is 7.81. The quantitative estimate of drug-likeness (QED) is 0.633. The van der Waals surface area contributed by atoms with Gasteiger partial charge in [0.05, 0.1) is 0 Å². The van der Waals surface area contributed by atoms with Crippen LogP contribution in [0, 0.1) is 6.92 Å². The largest absolute Gasteiger partial charge is 0.424 e. The lowest BCUT2D eigenvalue weighted by atomic mass is 10.2. The molecular formula is C12H16N6O. The first-order valence-electron chi connectivity index (χ1n) is 5.73. The lowest BCUT2D eigenvalue weighted by molar-refractivity contribution is 0.440. The molecule has 2 aromatic rings. The average molecular weight is 260 g/mol. The van der Waals surface area contributed by atoms with Crippen molar-refractivity contribution in [3.8, 4) is 11.8 Å². The van der Waals surface area contributed by atoms with Crippen LogP contribution in [0.4, 0.5) is 11.9 Å². The molecule has 100 valence electrons. The summed E-state index contributed by atoms with van der Waals surface area (Å²) >= 11 is 0. The number of hydrogen-bond donors (Lipinski definition) is 2. The molecule has 1 aromatic carbocycles. The van der Waals surface area contributed by atoms with Crippen LogP contribution in [0.25, 0.3) is 0 Å². The van der Waals surface area contributed by atoms with Crippen molar-refractivity contribution in [1.29, 1.82) is 0 Å². The average Bonchev–Trinajstić information content (AvgIpc) is 2.38. The van der Waals surface area contributed by atoms with Crippen molar-refractivity contribution in [2.45, 2.75) is 6.92 Å². The standard InChI is InChI=1S/C12H16N6O/c1-8-5-4-6-9(7-8)19-12-15-10(17-13)14-11(16-12)18(2)3/h4-7H,13H2,1-3H3,(H,14,15,16,17).